The number of aryl methyl sites for hydroxylation is 1. The van der Waals surface area contributed by atoms with Gasteiger partial charge in [-0.25, -0.2) is 9.36 Å². The van der Waals surface area contributed by atoms with E-state index in [1.807, 2.05) is 25.1 Å². The van der Waals surface area contributed by atoms with Crippen molar-refractivity contribution in [3.63, 3.8) is 0 Å². The summed E-state index contributed by atoms with van der Waals surface area (Å²) in [7, 11) is 1.58. The molecule has 0 aliphatic heterocycles. The third kappa shape index (κ3) is 1.69. The van der Waals surface area contributed by atoms with Crippen molar-refractivity contribution in [1.29, 1.82) is 0 Å². The van der Waals surface area contributed by atoms with E-state index >= 15 is 0 Å². The van der Waals surface area contributed by atoms with E-state index in [4.69, 9.17) is 0 Å². The van der Waals surface area contributed by atoms with Crippen LogP contribution in [0.3, 0.4) is 0 Å². The number of nitrogens with zero attached hydrogens (tertiary/aromatic N) is 2. The molecule has 1 aromatic carbocycles. The number of rotatable bonds is 1. The average Bonchev–Trinajstić information content (AvgIpc) is 2.24. The molecule has 1 aromatic heterocycles. The Hall–Kier alpha value is -2.10. The van der Waals surface area contributed by atoms with Gasteiger partial charge < -0.3 is 0 Å². The second-order valence-electron chi connectivity index (χ2n) is 3.68. The van der Waals surface area contributed by atoms with Crippen LogP contribution in [-0.2, 0) is 7.05 Å². The molecule has 0 atom stereocenters. The molecule has 4 heteroatoms. The molecule has 0 bridgehead atoms. The lowest BCUT2D eigenvalue weighted by atomic mass is 10.2. The molecule has 0 radical (unpaired) electrons. The number of aromatic nitrogens is 2. The van der Waals surface area contributed by atoms with Gasteiger partial charge in [0.2, 0.25) is 0 Å². The van der Waals surface area contributed by atoms with Gasteiger partial charge in [-0.05, 0) is 24.6 Å². The highest BCUT2D eigenvalue weighted by Gasteiger charge is 2.03. The lowest BCUT2D eigenvalue weighted by molar-refractivity contribution is 0.593. The van der Waals surface area contributed by atoms with Gasteiger partial charge in [-0.2, -0.15) is 0 Å². The zero-order valence-electron chi connectivity index (χ0n) is 9.18. The summed E-state index contributed by atoms with van der Waals surface area (Å²) in [6.07, 6.45) is 0. The fourth-order valence-electron chi connectivity index (χ4n) is 1.63. The van der Waals surface area contributed by atoms with Gasteiger partial charge in [-0.1, -0.05) is 12.1 Å². The summed E-state index contributed by atoms with van der Waals surface area (Å²) in [5.41, 5.74) is 1.32. The maximum absolute atomic E-state index is 11.7. The van der Waals surface area contributed by atoms with Crippen LogP contribution in [0.2, 0.25) is 0 Å². The molecule has 2 aromatic rings. The molecule has 4 nitrogen and oxygen atoms in total. The van der Waals surface area contributed by atoms with Crippen LogP contribution < -0.4 is 11.1 Å². The van der Waals surface area contributed by atoms with Gasteiger partial charge in [-0.3, -0.25) is 9.59 Å². The Balaban J connectivity index is 2.79. The molecule has 82 valence electrons. The van der Waals surface area contributed by atoms with E-state index in [2.05, 4.69) is 0 Å². The first-order valence-electron chi connectivity index (χ1n) is 4.96. The highest BCUT2D eigenvalue weighted by atomic mass is 16.2. The van der Waals surface area contributed by atoms with Crippen molar-refractivity contribution < 1.29 is 0 Å². The molecule has 0 aliphatic carbocycles. The Kier molecular flexibility index (Phi) is 2.48. The summed E-state index contributed by atoms with van der Waals surface area (Å²) in [4.78, 5) is 23.2. The summed E-state index contributed by atoms with van der Waals surface area (Å²) in [5.74, 6) is 0. The van der Waals surface area contributed by atoms with Crippen LogP contribution in [0.4, 0.5) is 0 Å². The topological polar surface area (TPSA) is 44.0 Å². The predicted octanol–water partition coefficient (Wildman–Crippen LogP) is 0.845. The molecule has 0 spiro atoms. The highest BCUT2D eigenvalue weighted by Crippen LogP contribution is 2.06. The standard InChI is InChI=1S/C12H12N2O2/c1-9-4-3-5-10(8-9)14-12(16)7-6-11(15)13(14)2/h3-8H,1-2H3. The predicted molar refractivity (Wildman–Crippen MR) is 62.0 cm³/mol. The van der Waals surface area contributed by atoms with Gasteiger partial charge in [0.15, 0.2) is 0 Å². The van der Waals surface area contributed by atoms with Crippen LogP contribution in [0.15, 0.2) is 46.0 Å². The average molecular weight is 216 g/mol. The van der Waals surface area contributed by atoms with E-state index < -0.39 is 0 Å². The van der Waals surface area contributed by atoms with Gasteiger partial charge in [0.05, 0.1) is 5.69 Å². The van der Waals surface area contributed by atoms with Crippen LogP contribution in [-0.4, -0.2) is 9.36 Å². The molecule has 0 saturated carbocycles. The van der Waals surface area contributed by atoms with Crippen molar-refractivity contribution in [3.05, 3.63) is 62.7 Å². The van der Waals surface area contributed by atoms with Crippen molar-refractivity contribution >= 4 is 0 Å². The van der Waals surface area contributed by atoms with Crippen LogP contribution in [0, 0.1) is 6.92 Å². The molecular weight excluding hydrogens is 204 g/mol. The maximum Gasteiger partial charge on any atom is 0.270 e. The summed E-state index contributed by atoms with van der Waals surface area (Å²) in [5, 5.41) is 0. The van der Waals surface area contributed by atoms with Crippen molar-refractivity contribution in [2.45, 2.75) is 6.92 Å². The number of hydrogen-bond donors (Lipinski definition) is 0. The van der Waals surface area contributed by atoms with E-state index in [-0.39, 0.29) is 11.1 Å². The summed E-state index contributed by atoms with van der Waals surface area (Å²) >= 11 is 0. The first-order chi connectivity index (χ1) is 7.59. The Morgan fingerprint density at radius 1 is 1.00 bits per heavy atom. The van der Waals surface area contributed by atoms with Crippen LogP contribution in [0.5, 0.6) is 0 Å². The summed E-state index contributed by atoms with van der Waals surface area (Å²) in [6, 6.07) is 10.0. The van der Waals surface area contributed by atoms with Crippen LogP contribution >= 0.6 is 0 Å². The molecule has 0 unspecified atom stereocenters. The van der Waals surface area contributed by atoms with E-state index in [0.717, 1.165) is 5.56 Å². The minimum absolute atomic E-state index is 0.207. The molecule has 0 N–H and O–H groups in total. The minimum Gasteiger partial charge on any atom is -0.268 e. The fourth-order valence-corrected chi connectivity index (χ4v) is 1.63. The lowest BCUT2D eigenvalue weighted by Crippen LogP contribution is -2.34. The molecular formula is C12H12N2O2. The molecule has 0 saturated heterocycles. The largest absolute Gasteiger partial charge is 0.270 e. The minimum atomic E-state index is -0.215. The lowest BCUT2D eigenvalue weighted by Gasteiger charge is -2.10. The van der Waals surface area contributed by atoms with Crippen molar-refractivity contribution in [1.82, 2.24) is 9.36 Å². The van der Waals surface area contributed by atoms with Crippen molar-refractivity contribution in [2.75, 3.05) is 0 Å². The second-order valence-corrected chi connectivity index (χ2v) is 3.68. The molecule has 1 heterocycles. The Bertz CT molecular complexity index is 638. The van der Waals surface area contributed by atoms with Gasteiger partial charge in [0, 0.05) is 19.2 Å². The third-order valence-corrected chi connectivity index (χ3v) is 2.44. The zero-order valence-corrected chi connectivity index (χ0v) is 9.18. The quantitative estimate of drug-likeness (QED) is 0.709. The normalized spacial score (nSPS) is 10.4. The van der Waals surface area contributed by atoms with Gasteiger partial charge in [0.25, 0.3) is 11.1 Å². The molecule has 16 heavy (non-hydrogen) atoms. The summed E-state index contributed by atoms with van der Waals surface area (Å²) < 4.78 is 2.66. The molecule has 0 amide bonds. The van der Waals surface area contributed by atoms with Crippen molar-refractivity contribution in [3.8, 4) is 5.69 Å². The van der Waals surface area contributed by atoms with Crippen LogP contribution in [0.25, 0.3) is 5.69 Å². The van der Waals surface area contributed by atoms with Gasteiger partial charge in [0.1, 0.15) is 0 Å². The molecule has 0 fully saturated rings. The highest BCUT2D eigenvalue weighted by molar-refractivity contribution is 5.34. The van der Waals surface area contributed by atoms with E-state index in [1.165, 1.54) is 21.5 Å². The van der Waals surface area contributed by atoms with E-state index in [0.29, 0.717) is 5.69 Å². The SMILES string of the molecule is Cc1cccc(-n2c(=O)ccc(=O)n2C)c1. The monoisotopic (exact) mass is 216 g/mol. The Morgan fingerprint density at radius 2 is 1.69 bits per heavy atom. The van der Waals surface area contributed by atoms with E-state index in [1.54, 1.807) is 13.1 Å². The summed E-state index contributed by atoms with van der Waals surface area (Å²) in [6.45, 7) is 1.94. The van der Waals surface area contributed by atoms with Gasteiger partial charge >= 0.3 is 0 Å². The van der Waals surface area contributed by atoms with E-state index in [9.17, 15) is 9.59 Å². The molecule has 0 aliphatic rings. The number of hydrogen-bond acceptors (Lipinski definition) is 2. The first-order valence-corrected chi connectivity index (χ1v) is 4.96. The second kappa shape index (κ2) is 3.81. The number of benzene rings is 1. The smallest absolute Gasteiger partial charge is 0.268 e. The third-order valence-electron chi connectivity index (χ3n) is 2.44. The molecule has 2 rings (SSSR count). The van der Waals surface area contributed by atoms with Crippen molar-refractivity contribution in [2.24, 2.45) is 7.05 Å². The maximum atomic E-state index is 11.7. The van der Waals surface area contributed by atoms with Crippen LogP contribution in [0.1, 0.15) is 5.56 Å². The zero-order chi connectivity index (χ0) is 11.7. The first kappa shape index (κ1) is 10.4. The Morgan fingerprint density at radius 3 is 2.38 bits per heavy atom. The fraction of sp³-hybridized carbons (Fsp3) is 0.167. The van der Waals surface area contributed by atoms with Gasteiger partial charge in [-0.15, -0.1) is 0 Å². The Labute approximate surface area is 92.4 Å².